The zero-order valence-corrected chi connectivity index (χ0v) is 15.8. The Morgan fingerprint density at radius 1 is 1.19 bits per heavy atom. The lowest BCUT2D eigenvalue weighted by Crippen LogP contribution is -2.30. The van der Waals surface area contributed by atoms with Crippen LogP contribution in [0, 0.1) is 5.82 Å². The molecule has 0 saturated carbocycles. The first kappa shape index (κ1) is 20.5. The molecule has 0 radical (unpaired) electrons. The van der Waals surface area contributed by atoms with Gasteiger partial charge < -0.3 is 19.5 Å². The van der Waals surface area contributed by atoms with Gasteiger partial charge in [0.1, 0.15) is 17.3 Å². The van der Waals surface area contributed by atoms with Gasteiger partial charge in [-0.2, -0.15) is 0 Å². The predicted octanol–water partition coefficient (Wildman–Crippen LogP) is 3.61. The maximum absolute atomic E-state index is 13.8. The molecular formula is C19H19ClFNO5. The molecular weight excluding hydrogens is 377 g/mol. The smallest absolute Gasteiger partial charge is 0.311 e. The van der Waals surface area contributed by atoms with Crippen molar-refractivity contribution < 1.29 is 28.2 Å². The lowest BCUT2D eigenvalue weighted by molar-refractivity contribution is -0.152. The maximum atomic E-state index is 13.8. The minimum Gasteiger partial charge on any atom is -0.497 e. The third kappa shape index (κ3) is 5.34. The number of rotatable bonds is 7. The zero-order chi connectivity index (χ0) is 20.0. The Labute approximate surface area is 161 Å². The number of anilines is 1. The van der Waals surface area contributed by atoms with Crippen molar-refractivity contribution in [2.75, 3.05) is 19.5 Å². The van der Waals surface area contributed by atoms with E-state index in [1.54, 1.807) is 18.2 Å². The first-order chi connectivity index (χ1) is 12.8. The highest BCUT2D eigenvalue weighted by Gasteiger charge is 2.21. The molecule has 1 unspecified atom stereocenters. The van der Waals surface area contributed by atoms with Crippen molar-refractivity contribution in [2.24, 2.45) is 0 Å². The van der Waals surface area contributed by atoms with Crippen LogP contribution < -0.4 is 14.8 Å². The summed E-state index contributed by atoms with van der Waals surface area (Å²) in [5.74, 6) is -1.03. The van der Waals surface area contributed by atoms with Crippen molar-refractivity contribution in [3.63, 3.8) is 0 Å². The topological polar surface area (TPSA) is 73.9 Å². The average molecular weight is 396 g/mol. The van der Waals surface area contributed by atoms with E-state index in [1.165, 1.54) is 39.3 Å². The van der Waals surface area contributed by atoms with Gasteiger partial charge in [0.05, 0.1) is 26.3 Å². The van der Waals surface area contributed by atoms with E-state index in [0.29, 0.717) is 17.2 Å². The number of carbonyl (C=O) groups excluding carboxylic acids is 2. The second kappa shape index (κ2) is 9.23. The molecule has 2 aromatic rings. The van der Waals surface area contributed by atoms with Crippen molar-refractivity contribution in [1.29, 1.82) is 0 Å². The largest absolute Gasteiger partial charge is 0.497 e. The summed E-state index contributed by atoms with van der Waals surface area (Å²) < 4.78 is 29.1. The Kier molecular flexibility index (Phi) is 7.01. The molecule has 1 atom stereocenters. The molecule has 1 amide bonds. The summed E-state index contributed by atoms with van der Waals surface area (Å²) >= 11 is 5.89. The molecule has 6 nitrogen and oxygen atoms in total. The molecule has 0 bridgehead atoms. The van der Waals surface area contributed by atoms with Crippen molar-refractivity contribution in [2.45, 2.75) is 19.4 Å². The van der Waals surface area contributed by atoms with E-state index >= 15 is 0 Å². The van der Waals surface area contributed by atoms with Crippen LogP contribution in [0.5, 0.6) is 11.5 Å². The number of amides is 1. The van der Waals surface area contributed by atoms with Crippen LogP contribution >= 0.6 is 11.6 Å². The van der Waals surface area contributed by atoms with E-state index < -0.39 is 23.8 Å². The van der Waals surface area contributed by atoms with Gasteiger partial charge in [-0.25, -0.2) is 4.39 Å². The lowest BCUT2D eigenvalue weighted by Gasteiger charge is -2.16. The van der Waals surface area contributed by atoms with E-state index in [-0.39, 0.29) is 17.0 Å². The van der Waals surface area contributed by atoms with Crippen LogP contribution in [0.15, 0.2) is 36.4 Å². The van der Waals surface area contributed by atoms with Gasteiger partial charge in [-0.3, -0.25) is 9.59 Å². The molecule has 0 saturated heterocycles. The summed E-state index contributed by atoms with van der Waals surface area (Å²) in [6.07, 6.45) is -1.50. The number of benzene rings is 2. The average Bonchev–Trinajstić information content (AvgIpc) is 2.64. The zero-order valence-electron chi connectivity index (χ0n) is 15.0. The molecule has 0 spiro atoms. The number of hydrogen-bond acceptors (Lipinski definition) is 5. The molecule has 0 aliphatic heterocycles. The Balaban J connectivity index is 2.02. The Hall–Kier alpha value is -2.80. The lowest BCUT2D eigenvalue weighted by atomic mass is 10.1. The molecule has 8 heteroatoms. The first-order valence-corrected chi connectivity index (χ1v) is 8.38. The van der Waals surface area contributed by atoms with E-state index in [1.807, 2.05) is 0 Å². The summed E-state index contributed by atoms with van der Waals surface area (Å²) in [5.41, 5.74) is 0.383. The Morgan fingerprint density at radius 3 is 2.56 bits per heavy atom. The predicted molar refractivity (Wildman–Crippen MR) is 98.8 cm³/mol. The highest BCUT2D eigenvalue weighted by atomic mass is 35.5. The van der Waals surface area contributed by atoms with E-state index in [0.717, 1.165) is 0 Å². The molecule has 1 N–H and O–H groups in total. The van der Waals surface area contributed by atoms with E-state index in [2.05, 4.69) is 5.32 Å². The van der Waals surface area contributed by atoms with Gasteiger partial charge in [0.15, 0.2) is 6.10 Å². The van der Waals surface area contributed by atoms with Gasteiger partial charge in [-0.05, 0) is 31.2 Å². The van der Waals surface area contributed by atoms with Crippen molar-refractivity contribution in [3.8, 4) is 11.5 Å². The highest BCUT2D eigenvalue weighted by molar-refractivity contribution is 6.31. The molecule has 144 valence electrons. The number of carbonyl (C=O) groups is 2. The van der Waals surface area contributed by atoms with Crippen LogP contribution in [0.2, 0.25) is 5.02 Å². The molecule has 0 heterocycles. The normalized spacial score (nSPS) is 11.4. The number of halogens is 2. The number of hydrogen-bond donors (Lipinski definition) is 1. The fourth-order valence-electron chi connectivity index (χ4n) is 2.28. The van der Waals surface area contributed by atoms with Crippen molar-refractivity contribution >= 4 is 29.2 Å². The van der Waals surface area contributed by atoms with Crippen molar-refractivity contribution in [1.82, 2.24) is 0 Å². The molecule has 27 heavy (non-hydrogen) atoms. The Bertz CT molecular complexity index is 823. The highest BCUT2D eigenvalue weighted by Crippen LogP contribution is 2.29. The fraction of sp³-hybridized carbons (Fsp3) is 0.263. The van der Waals surface area contributed by atoms with Crippen LogP contribution in [0.1, 0.15) is 12.5 Å². The second-order valence-electron chi connectivity index (χ2n) is 5.56. The number of ether oxygens (including phenoxy) is 3. The molecule has 2 rings (SSSR count). The molecule has 0 fully saturated rings. The van der Waals surface area contributed by atoms with Crippen molar-refractivity contribution in [3.05, 3.63) is 52.8 Å². The van der Waals surface area contributed by atoms with Crippen LogP contribution in [0.25, 0.3) is 0 Å². The molecule has 2 aromatic carbocycles. The van der Waals surface area contributed by atoms with Gasteiger partial charge in [-0.15, -0.1) is 0 Å². The summed E-state index contributed by atoms with van der Waals surface area (Å²) in [5, 5.41) is 2.72. The van der Waals surface area contributed by atoms with Crippen LogP contribution in [-0.4, -0.2) is 32.2 Å². The minimum atomic E-state index is -1.11. The van der Waals surface area contributed by atoms with Gasteiger partial charge in [0, 0.05) is 16.7 Å². The van der Waals surface area contributed by atoms with Crippen LogP contribution in [0.4, 0.5) is 10.1 Å². The van der Waals surface area contributed by atoms with E-state index in [9.17, 15) is 14.0 Å². The monoisotopic (exact) mass is 395 g/mol. The van der Waals surface area contributed by atoms with Gasteiger partial charge in [0.2, 0.25) is 0 Å². The quantitative estimate of drug-likeness (QED) is 0.725. The minimum absolute atomic E-state index is 0.0197. The molecule has 0 aliphatic rings. The third-order valence-corrected chi connectivity index (χ3v) is 4.08. The van der Waals surface area contributed by atoms with Gasteiger partial charge >= 0.3 is 5.97 Å². The first-order valence-electron chi connectivity index (χ1n) is 8.01. The third-order valence-electron chi connectivity index (χ3n) is 3.72. The van der Waals surface area contributed by atoms with Crippen LogP contribution in [0.3, 0.4) is 0 Å². The SMILES string of the molecule is COc1ccc(OC)c(NC(=O)C(C)OC(=O)Cc2c(F)cccc2Cl)c1. The maximum Gasteiger partial charge on any atom is 0.311 e. The number of esters is 1. The van der Waals surface area contributed by atoms with Gasteiger partial charge in [0.25, 0.3) is 5.91 Å². The number of methoxy groups -OCH3 is 2. The summed E-state index contributed by atoms with van der Waals surface area (Å²) in [6.45, 7) is 1.41. The summed E-state index contributed by atoms with van der Waals surface area (Å²) in [4.78, 5) is 24.4. The summed E-state index contributed by atoms with van der Waals surface area (Å²) in [6, 6.07) is 8.98. The molecule has 0 aromatic heterocycles. The van der Waals surface area contributed by atoms with Crippen LogP contribution in [-0.2, 0) is 20.7 Å². The fourth-order valence-corrected chi connectivity index (χ4v) is 2.51. The second-order valence-corrected chi connectivity index (χ2v) is 5.97. The molecule has 0 aliphatic carbocycles. The van der Waals surface area contributed by atoms with Gasteiger partial charge in [-0.1, -0.05) is 17.7 Å². The Morgan fingerprint density at radius 2 is 1.93 bits per heavy atom. The summed E-state index contributed by atoms with van der Waals surface area (Å²) in [7, 11) is 2.95. The van der Waals surface area contributed by atoms with E-state index in [4.69, 9.17) is 25.8 Å². The number of nitrogens with one attached hydrogen (secondary N) is 1. The standard InChI is InChI=1S/C19H19ClFNO5/c1-11(27-18(23)10-13-14(20)5-4-6-15(13)21)19(24)22-16-9-12(25-2)7-8-17(16)26-3/h4-9,11H,10H2,1-3H3,(H,22,24).